The van der Waals surface area contributed by atoms with Gasteiger partial charge in [0, 0.05) is 13.6 Å². The first-order valence-electron chi connectivity index (χ1n) is 6.57. The molecule has 0 aromatic carbocycles. The molecular formula is C14H22N2O. The molecule has 0 spiro atoms. The summed E-state index contributed by atoms with van der Waals surface area (Å²) in [4.78, 5) is 6.65. The number of aromatic nitrogens is 1. The summed E-state index contributed by atoms with van der Waals surface area (Å²) in [6, 6.07) is 5.84. The van der Waals surface area contributed by atoms with E-state index in [4.69, 9.17) is 5.11 Å². The Balaban J connectivity index is 1.95. The Morgan fingerprint density at radius 1 is 1.29 bits per heavy atom. The summed E-state index contributed by atoms with van der Waals surface area (Å²) in [6.45, 7) is 1.10. The van der Waals surface area contributed by atoms with Crippen molar-refractivity contribution in [2.75, 3.05) is 18.5 Å². The van der Waals surface area contributed by atoms with Crippen molar-refractivity contribution in [3.63, 3.8) is 0 Å². The van der Waals surface area contributed by atoms with Crippen molar-refractivity contribution in [1.29, 1.82) is 0 Å². The van der Waals surface area contributed by atoms with Gasteiger partial charge < -0.3 is 10.0 Å². The van der Waals surface area contributed by atoms with Crippen LogP contribution in [0.5, 0.6) is 0 Å². The lowest BCUT2D eigenvalue weighted by atomic mass is 9.89. The van der Waals surface area contributed by atoms with Gasteiger partial charge in [-0.25, -0.2) is 4.98 Å². The van der Waals surface area contributed by atoms with Gasteiger partial charge in [-0.05, 0) is 30.9 Å². The number of aliphatic hydroxyl groups is 1. The predicted molar refractivity (Wildman–Crippen MR) is 70.0 cm³/mol. The second-order valence-corrected chi connectivity index (χ2v) is 5.03. The summed E-state index contributed by atoms with van der Waals surface area (Å²) >= 11 is 0. The Labute approximate surface area is 103 Å². The van der Waals surface area contributed by atoms with E-state index in [0.29, 0.717) is 0 Å². The van der Waals surface area contributed by atoms with Crippen LogP contribution in [0.15, 0.2) is 18.2 Å². The Kier molecular flexibility index (Phi) is 4.37. The van der Waals surface area contributed by atoms with Crippen LogP contribution in [0.2, 0.25) is 0 Å². The minimum absolute atomic E-state index is 0.0190. The molecule has 0 amide bonds. The SMILES string of the molecule is CN(CC1CCCCC1)c1cccc(CO)n1. The van der Waals surface area contributed by atoms with Crippen LogP contribution in [0.25, 0.3) is 0 Å². The summed E-state index contributed by atoms with van der Waals surface area (Å²) in [5.41, 5.74) is 0.748. The second kappa shape index (κ2) is 6.01. The zero-order valence-electron chi connectivity index (χ0n) is 10.6. The van der Waals surface area contributed by atoms with Gasteiger partial charge in [-0.1, -0.05) is 25.3 Å². The van der Waals surface area contributed by atoms with Crippen molar-refractivity contribution in [3.05, 3.63) is 23.9 Å². The van der Waals surface area contributed by atoms with Crippen molar-refractivity contribution in [3.8, 4) is 0 Å². The fourth-order valence-electron chi connectivity index (χ4n) is 2.62. The van der Waals surface area contributed by atoms with Crippen molar-refractivity contribution in [1.82, 2.24) is 4.98 Å². The number of nitrogens with zero attached hydrogens (tertiary/aromatic N) is 2. The molecule has 0 saturated heterocycles. The highest BCUT2D eigenvalue weighted by molar-refractivity contribution is 5.38. The molecule has 3 heteroatoms. The molecule has 1 aliphatic rings. The maximum absolute atomic E-state index is 9.08. The largest absolute Gasteiger partial charge is 0.390 e. The zero-order valence-corrected chi connectivity index (χ0v) is 10.6. The molecule has 1 aromatic rings. The third-order valence-corrected chi connectivity index (χ3v) is 3.60. The molecule has 1 heterocycles. The summed E-state index contributed by atoms with van der Waals surface area (Å²) in [6.07, 6.45) is 6.86. The smallest absolute Gasteiger partial charge is 0.128 e. The van der Waals surface area contributed by atoms with E-state index < -0.39 is 0 Å². The fourth-order valence-corrected chi connectivity index (χ4v) is 2.62. The highest BCUT2D eigenvalue weighted by atomic mass is 16.3. The van der Waals surface area contributed by atoms with Gasteiger partial charge in [-0.3, -0.25) is 0 Å². The molecule has 1 fully saturated rings. The van der Waals surface area contributed by atoms with Crippen molar-refractivity contribution < 1.29 is 5.11 Å². The molecule has 0 bridgehead atoms. The van der Waals surface area contributed by atoms with Crippen molar-refractivity contribution in [2.24, 2.45) is 5.92 Å². The standard InChI is InChI=1S/C14H22N2O/c1-16(10-12-6-3-2-4-7-12)14-9-5-8-13(11-17)15-14/h5,8-9,12,17H,2-4,6-7,10-11H2,1H3. The third-order valence-electron chi connectivity index (χ3n) is 3.60. The van der Waals surface area contributed by atoms with Gasteiger partial charge in [0.05, 0.1) is 12.3 Å². The van der Waals surface area contributed by atoms with Crippen LogP contribution in [0.1, 0.15) is 37.8 Å². The highest BCUT2D eigenvalue weighted by Gasteiger charge is 2.16. The third kappa shape index (κ3) is 3.43. The minimum Gasteiger partial charge on any atom is -0.390 e. The summed E-state index contributed by atoms with van der Waals surface area (Å²) in [7, 11) is 2.10. The summed E-state index contributed by atoms with van der Waals surface area (Å²) in [5, 5.41) is 9.08. The highest BCUT2D eigenvalue weighted by Crippen LogP contribution is 2.25. The van der Waals surface area contributed by atoms with E-state index in [9.17, 15) is 0 Å². The van der Waals surface area contributed by atoms with E-state index in [1.54, 1.807) is 0 Å². The van der Waals surface area contributed by atoms with Gasteiger partial charge in [-0.15, -0.1) is 0 Å². The number of anilines is 1. The van der Waals surface area contributed by atoms with Crippen molar-refractivity contribution >= 4 is 5.82 Å². The van der Waals surface area contributed by atoms with Gasteiger partial charge in [0.2, 0.25) is 0 Å². The number of aliphatic hydroxyl groups excluding tert-OH is 1. The van der Waals surface area contributed by atoms with Gasteiger partial charge in [0.1, 0.15) is 5.82 Å². The maximum atomic E-state index is 9.08. The lowest BCUT2D eigenvalue weighted by Gasteiger charge is -2.27. The topological polar surface area (TPSA) is 36.4 Å². The normalized spacial score (nSPS) is 17.1. The minimum atomic E-state index is 0.0190. The van der Waals surface area contributed by atoms with E-state index in [1.165, 1.54) is 32.1 Å². The average molecular weight is 234 g/mol. The molecular weight excluding hydrogens is 212 g/mol. The molecule has 17 heavy (non-hydrogen) atoms. The molecule has 0 aliphatic heterocycles. The molecule has 94 valence electrons. The number of rotatable bonds is 4. The van der Waals surface area contributed by atoms with Crippen LogP contribution in [0.3, 0.4) is 0 Å². The van der Waals surface area contributed by atoms with Crippen LogP contribution in [-0.4, -0.2) is 23.7 Å². The van der Waals surface area contributed by atoms with Crippen molar-refractivity contribution in [2.45, 2.75) is 38.7 Å². The first-order chi connectivity index (χ1) is 8.29. The lowest BCUT2D eigenvalue weighted by Crippen LogP contribution is -2.27. The predicted octanol–water partition coefficient (Wildman–Crippen LogP) is 2.59. The van der Waals surface area contributed by atoms with Crippen LogP contribution in [0, 0.1) is 5.92 Å². The monoisotopic (exact) mass is 234 g/mol. The molecule has 1 aromatic heterocycles. The maximum Gasteiger partial charge on any atom is 0.128 e. The molecule has 1 saturated carbocycles. The van der Waals surface area contributed by atoms with Gasteiger partial charge in [0.15, 0.2) is 0 Å². The molecule has 1 N–H and O–H groups in total. The molecule has 2 rings (SSSR count). The molecule has 0 atom stereocenters. The Morgan fingerprint density at radius 2 is 2.06 bits per heavy atom. The Bertz CT molecular complexity index is 348. The van der Waals surface area contributed by atoms with E-state index >= 15 is 0 Å². The quantitative estimate of drug-likeness (QED) is 0.870. The van der Waals surface area contributed by atoms with E-state index in [2.05, 4.69) is 16.9 Å². The van der Waals surface area contributed by atoms with Crippen LogP contribution >= 0.6 is 0 Å². The lowest BCUT2D eigenvalue weighted by molar-refractivity contribution is 0.277. The number of hydrogen-bond acceptors (Lipinski definition) is 3. The Hall–Kier alpha value is -1.09. The zero-order chi connectivity index (χ0) is 12.1. The summed E-state index contributed by atoms with van der Waals surface area (Å²) in [5.74, 6) is 1.79. The number of hydrogen-bond donors (Lipinski definition) is 1. The molecule has 0 radical (unpaired) electrons. The van der Waals surface area contributed by atoms with Gasteiger partial charge in [-0.2, -0.15) is 0 Å². The molecule has 1 aliphatic carbocycles. The number of pyridine rings is 1. The van der Waals surface area contributed by atoms with Gasteiger partial charge in [0.25, 0.3) is 0 Å². The average Bonchev–Trinajstić information content (AvgIpc) is 2.40. The summed E-state index contributed by atoms with van der Waals surface area (Å²) < 4.78 is 0. The molecule has 3 nitrogen and oxygen atoms in total. The van der Waals surface area contributed by atoms with E-state index in [-0.39, 0.29) is 6.61 Å². The first kappa shape index (κ1) is 12.4. The van der Waals surface area contributed by atoms with Crippen LogP contribution < -0.4 is 4.90 Å². The molecule has 0 unspecified atom stereocenters. The van der Waals surface area contributed by atoms with Crippen LogP contribution in [-0.2, 0) is 6.61 Å². The van der Waals surface area contributed by atoms with Gasteiger partial charge >= 0.3 is 0 Å². The fraction of sp³-hybridized carbons (Fsp3) is 0.643. The van der Waals surface area contributed by atoms with E-state index in [0.717, 1.165) is 24.0 Å². The van der Waals surface area contributed by atoms with E-state index in [1.807, 2.05) is 18.2 Å². The Morgan fingerprint density at radius 3 is 2.76 bits per heavy atom. The second-order valence-electron chi connectivity index (χ2n) is 5.03. The first-order valence-corrected chi connectivity index (χ1v) is 6.57. The van der Waals surface area contributed by atoms with Crippen LogP contribution in [0.4, 0.5) is 5.82 Å².